The van der Waals surface area contributed by atoms with Gasteiger partial charge in [0.15, 0.2) is 6.39 Å². The van der Waals surface area contributed by atoms with Crippen molar-refractivity contribution in [3.05, 3.63) is 83.1 Å². The molecule has 1 amide bonds. The highest BCUT2D eigenvalue weighted by Crippen LogP contribution is 2.17. The Balaban J connectivity index is 1.51. The van der Waals surface area contributed by atoms with Crippen LogP contribution in [0.5, 0.6) is 5.75 Å². The Hall–Kier alpha value is -3.28. The maximum atomic E-state index is 12.5. The molecule has 1 aromatic heterocycles. The summed E-state index contributed by atoms with van der Waals surface area (Å²) in [6.45, 7) is 7.65. The largest absolute Gasteiger partial charge is 0.493 e. The second-order valence-electron chi connectivity index (χ2n) is 7.16. The molecular weight excluding hydrogens is 380 g/mol. The fraction of sp³-hybridized carbons (Fsp3) is 0.333. The average molecular weight is 408 g/mol. The summed E-state index contributed by atoms with van der Waals surface area (Å²) in [6, 6.07) is 15.7. The molecule has 6 nitrogen and oxygen atoms in total. The van der Waals surface area contributed by atoms with Crippen molar-refractivity contribution in [2.24, 2.45) is 0 Å². The molecule has 0 bridgehead atoms. The molecule has 3 rings (SSSR count). The molecular formula is C24H28N2O4. The summed E-state index contributed by atoms with van der Waals surface area (Å²) >= 11 is 0. The first-order valence-corrected chi connectivity index (χ1v) is 10.1. The number of carbonyl (C=O) groups is 1. The second-order valence-corrected chi connectivity index (χ2v) is 7.16. The summed E-state index contributed by atoms with van der Waals surface area (Å²) in [5, 5.41) is 0. The minimum atomic E-state index is -0.328. The van der Waals surface area contributed by atoms with Crippen LogP contribution in [-0.4, -0.2) is 29.1 Å². The van der Waals surface area contributed by atoms with Crippen LogP contribution in [0.15, 0.2) is 59.3 Å². The molecule has 2 aromatic carbocycles. The number of carbonyl (C=O) groups excluding carboxylic acids is 1. The van der Waals surface area contributed by atoms with Gasteiger partial charge in [0.2, 0.25) is 0 Å². The third kappa shape index (κ3) is 6.11. The van der Waals surface area contributed by atoms with Gasteiger partial charge in [0, 0.05) is 19.5 Å². The van der Waals surface area contributed by atoms with Gasteiger partial charge in [-0.2, -0.15) is 0 Å². The molecule has 30 heavy (non-hydrogen) atoms. The lowest BCUT2D eigenvalue weighted by Gasteiger charge is -2.21. The van der Waals surface area contributed by atoms with Crippen LogP contribution in [0.2, 0.25) is 0 Å². The molecule has 0 aliphatic carbocycles. The molecule has 1 heterocycles. The smallest absolute Gasteiger partial charge is 0.410 e. The van der Waals surface area contributed by atoms with E-state index in [1.165, 1.54) is 12.0 Å². The average Bonchev–Trinajstić information content (AvgIpc) is 3.16. The normalized spacial score (nSPS) is 10.6. The number of amides is 1. The molecule has 0 atom stereocenters. The summed E-state index contributed by atoms with van der Waals surface area (Å²) in [5.41, 5.74) is 4.04. The van der Waals surface area contributed by atoms with E-state index in [9.17, 15) is 4.79 Å². The molecule has 0 fully saturated rings. The Morgan fingerprint density at radius 3 is 2.60 bits per heavy atom. The van der Waals surface area contributed by atoms with Crippen LogP contribution in [0.4, 0.5) is 4.79 Å². The van der Waals surface area contributed by atoms with Gasteiger partial charge >= 0.3 is 6.09 Å². The fourth-order valence-corrected chi connectivity index (χ4v) is 3.01. The number of benzene rings is 2. The van der Waals surface area contributed by atoms with Gasteiger partial charge in [0.25, 0.3) is 0 Å². The van der Waals surface area contributed by atoms with Gasteiger partial charge < -0.3 is 18.8 Å². The quantitative estimate of drug-likeness (QED) is 0.494. The van der Waals surface area contributed by atoms with E-state index in [-0.39, 0.29) is 12.7 Å². The molecule has 6 heteroatoms. The third-order valence-corrected chi connectivity index (χ3v) is 4.85. The standard InChI is InChI=1S/C24H28N2O4/c1-4-26(24(27)29-16-20-10-8-18(2)9-11-20)15-21-6-5-7-22(14-21)28-13-12-23-19(3)30-17-25-23/h5-11,14,17H,4,12-13,15-16H2,1-3H3. The van der Waals surface area contributed by atoms with E-state index in [1.54, 1.807) is 4.90 Å². The van der Waals surface area contributed by atoms with E-state index in [1.807, 2.05) is 69.3 Å². The van der Waals surface area contributed by atoms with Gasteiger partial charge in [0.05, 0.1) is 12.3 Å². The predicted octanol–water partition coefficient (Wildman–Crippen LogP) is 5.07. The highest BCUT2D eigenvalue weighted by molar-refractivity contribution is 5.67. The summed E-state index contributed by atoms with van der Waals surface area (Å²) in [4.78, 5) is 18.3. The maximum Gasteiger partial charge on any atom is 0.410 e. The SMILES string of the molecule is CCN(Cc1cccc(OCCc2ncoc2C)c1)C(=O)OCc1ccc(C)cc1. The summed E-state index contributed by atoms with van der Waals surface area (Å²) in [5.74, 6) is 1.58. The lowest BCUT2D eigenvalue weighted by Crippen LogP contribution is -2.30. The number of oxazole rings is 1. The van der Waals surface area contributed by atoms with Gasteiger partial charge in [-0.15, -0.1) is 0 Å². The Morgan fingerprint density at radius 1 is 1.10 bits per heavy atom. The van der Waals surface area contributed by atoms with E-state index < -0.39 is 0 Å². The first-order chi connectivity index (χ1) is 14.5. The van der Waals surface area contributed by atoms with Crippen LogP contribution in [0.1, 0.15) is 35.1 Å². The Kier molecular flexibility index (Phi) is 7.49. The highest BCUT2D eigenvalue weighted by Gasteiger charge is 2.14. The van der Waals surface area contributed by atoms with Crippen molar-refractivity contribution in [1.82, 2.24) is 9.88 Å². The molecule has 0 unspecified atom stereocenters. The van der Waals surface area contributed by atoms with Gasteiger partial charge in [0.1, 0.15) is 18.1 Å². The Labute approximate surface area is 177 Å². The van der Waals surface area contributed by atoms with Gasteiger partial charge in [-0.3, -0.25) is 0 Å². The molecule has 0 saturated heterocycles. The Bertz CT molecular complexity index is 950. The Morgan fingerprint density at radius 2 is 1.90 bits per heavy atom. The van der Waals surface area contributed by atoms with Crippen LogP contribution in [0.3, 0.4) is 0 Å². The zero-order valence-corrected chi connectivity index (χ0v) is 17.8. The van der Waals surface area contributed by atoms with Crippen LogP contribution in [0.25, 0.3) is 0 Å². The first-order valence-electron chi connectivity index (χ1n) is 10.1. The van der Waals surface area contributed by atoms with E-state index in [2.05, 4.69) is 4.98 Å². The van der Waals surface area contributed by atoms with Gasteiger partial charge in [-0.05, 0) is 44.0 Å². The lowest BCUT2D eigenvalue weighted by atomic mass is 10.2. The van der Waals surface area contributed by atoms with E-state index >= 15 is 0 Å². The number of aryl methyl sites for hydroxylation is 2. The fourth-order valence-electron chi connectivity index (χ4n) is 3.01. The van der Waals surface area contributed by atoms with Gasteiger partial charge in [-0.1, -0.05) is 42.0 Å². The second kappa shape index (κ2) is 10.5. The topological polar surface area (TPSA) is 64.8 Å². The molecule has 0 radical (unpaired) electrons. The molecule has 0 saturated carbocycles. The zero-order chi connectivity index (χ0) is 21.3. The van der Waals surface area contributed by atoms with Crippen LogP contribution < -0.4 is 4.74 Å². The van der Waals surface area contributed by atoms with Gasteiger partial charge in [-0.25, -0.2) is 9.78 Å². The van der Waals surface area contributed by atoms with Crippen molar-refractivity contribution >= 4 is 6.09 Å². The number of hydrogen-bond donors (Lipinski definition) is 0. The lowest BCUT2D eigenvalue weighted by molar-refractivity contribution is 0.0956. The number of ether oxygens (including phenoxy) is 2. The van der Waals surface area contributed by atoms with Crippen molar-refractivity contribution < 1.29 is 18.7 Å². The highest BCUT2D eigenvalue weighted by atomic mass is 16.6. The summed E-state index contributed by atoms with van der Waals surface area (Å²) in [6.07, 6.45) is 1.80. The number of rotatable bonds is 9. The number of aromatic nitrogens is 1. The van der Waals surface area contributed by atoms with E-state index in [4.69, 9.17) is 13.9 Å². The number of hydrogen-bond acceptors (Lipinski definition) is 5. The minimum absolute atomic E-state index is 0.264. The number of nitrogens with zero attached hydrogens (tertiary/aromatic N) is 2. The van der Waals surface area contributed by atoms with Crippen LogP contribution in [-0.2, 0) is 24.3 Å². The summed E-state index contributed by atoms with van der Waals surface area (Å²) in [7, 11) is 0. The van der Waals surface area contributed by atoms with Crippen LogP contribution in [0, 0.1) is 13.8 Å². The molecule has 0 N–H and O–H groups in total. The summed E-state index contributed by atoms with van der Waals surface area (Å²) < 4.78 is 16.5. The molecule has 0 aliphatic rings. The third-order valence-electron chi connectivity index (χ3n) is 4.85. The van der Waals surface area contributed by atoms with Crippen molar-refractivity contribution in [2.45, 2.75) is 40.3 Å². The predicted molar refractivity (Wildman–Crippen MR) is 114 cm³/mol. The monoisotopic (exact) mass is 408 g/mol. The van der Waals surface area contributed by atoms with E-state index in [0.717, 1.165) is 28.3 Å². The van der Waals surface area contributed by atoms with Crippen molar-refractivity contribution in [3.63, 3.8) is 0 Å². The van der Waals surface area contributed by atoms with Crippen molar-refractivity contribution in [2.75, 3.05) is 13.2 Å². The molecule has 3 aromatic rings. The molecule has 158 valence electrons. The molecule has 0 aliphatic heterocycles. The van der Waals surface area contributed by atoms with Crippen molar-refractivity contribution in [1.29, 1.82) is 0 Å². The van der Waals surface area contributed by atoms with Crippen molar-refractivity contribution in [3.8, 4) is 5.75 Å². The van der Waals surface area contributed by atoms with Crippen LogP contribution >= 0.6 is 0 Å². The maximum absolute atomic E-state index is 12.5. The van der Waals surface area contributed by atoms with E-state index in [0.29, 0.717) is 26.1 Å². The minimum Gasteiger partial charge on any atom is -0.493 e. The zero-order valence-electron chi connectivity index (χ0n) is 17.8. The first kappa shape index (κ1) is 21.4. The molecule has 0 spiro atoms.